The van der Waals surface area contributed by atoms with Gasteiger partial charge in [-0.1, -0.05) is 98.8 Å². The molecule has 0 bridgehead atoms. The minimum atomic E-state index is 0.256. The molecule has 0 fully saturated rings. The highest BCUT2D eigenvalue weighted by Crippen LogP contribution is 2.51. The fraction of sp³-hybridized carbons (Fsp3) is 0.0870. The molecule has 4 N–H and O–H groups in total. The number of aromatic amines is 1. The fourth-order valence-corrected chi connectivity index (χ4v) is 7.87. The van der Waals surface area contributed by atoms with Crippen LogP contribution in [0.3, 0.4) is 0 Å². The van der Waals surface area contributed by atoms with Gasteiger partial charge >= 0.3 is 0 Å². The number of phenolic OH excluding ortho intramolecular Hbond substituents is 2. The maximum absolute atomic E-state index is 10.2. The molecule has 4 heteroatoms. The van der Waals surface area contributed by atoms with Crippen molar-refractivity contribution in [2.75, 3.05) is 5.32 Å². The molecule has 1 aliphatic rings. The lowest BCUT2D eigenvalue weighted by molar-refractivity contribution is 0.475. The van der Waals surface area contributed by atoms with Gasteiger partial charge < -0.3 is 20.5 Å². The van der Waals surface area contributed by atoms with E-state index in [9.17, 15) is 10.2 Å². The van der Waals surface area contributed by atoms with E-state index in [-0.39, 0.29) is 23.3 Å². The largest absolute Gasteiger partial charge is 0.508 e. The fourth-order valence-electron chi connectivity index (χ4n) is 7.87. The Kier molecular flexibility index (Phi) is 6.99. The van der Waals surface area contributed by atoms with Crippen molar-refractivity contribution in [1.82, 2.24) is 4.98 Å². The second-order valence-corrected chi connectivity index (χ2v) is 13.6. The Labute approximate surface area is 291 Å². The Morgan fingerprint density at radius 1 is 0.500 bits per heavy atom. The van der Waals surface area contributed by atoms with E-state index in [4.69, 9.17) is 0 Å². The summed E-state index contributed by atoms with van der Waals surface area (Å²) >= 11 is 0. The van der Waals surface area contributed by atoms with Gasteiger partial charge in [-0.05, 0) is 123 Å². The van der Waals surface area contributed by atoms with E-state index in [0.717, 1.165) is 50.3 Å². The number of fused-ring (bicyclic) bond motifs is 7. The Balaban J connectivity index is 1.17. The molecule has 0 saturated carbocycles. The van der Waals surface area contributed by atoms with Crippen LogP contribution in [0.1, 0.15) is 36.8 Å². The van der Waals surface area contributed by atoms with Gasteiger partial charge in [-0.3, -0.25) is 0 Å². The first-order valence-electron chi connectivity index (χ1n) is 17.2. The van der Waals surface area contributed by atoms with Crippen molar-refractivity contribution in [1.29, 1.82) is 0 Å². The summed E-state index contributed by atoms with van der Waals surface area (Å²) in [6, 6.07) is 49.7. The highest BCUT2D eigenvalue weighted by Gasteiger charge is 2.31. The van der Waals surface area contributed by atoms with Gasteiger partial charge in [0.25, 0.3) is 0 Å². The zero-order valence-electron chi connectivity index (χ0n) is 27.9. The quantitative estimate of drug-likeness (QED) is 0.150. The van der Waals surface area contributed by atoms with Crippen LogP contribution >= 0.6 is 0 Å². The zero-order valence-corrected chi connectivity index (χ0v) is 27.9. The van der Waals surface area contributed by atoms with Crippen LogP contribution in [0.2, 0.25) is 0 Å². The molecule has 4 nitrogen and oxygen atoms in total. The maximum atomic E-state index is 10.2. The van der Waals surface area contributed by atoms with Gasteiger partial charge in [0.05, 0.1) is 5.52 Å². The summed E-state index contributed by atoms with van der Waals surface area (Å²) in [6.07, 6.45) is 0. The molecule has 0 amide bonds. The molecule has 0 saturated heterocycles. The van der Waals surface area contributed by atoms with Gasteiger partial charge in [-0.25, -0.2) is 0 Å². The molecule has 7 aromatic carbocycles. The van der Waals surface area contributed by atoms with E-state index in [2.05, 4.69) is 103 Å². The lowest BCUT2D eigenvalue weighted by Gasteiger charge is -2.32. The monoisotopic (exact) mass is 648 g/mol. The summed E-state index contributed by atoms with van der Waals surface area (Å²) in [4.78, 5) is 3.80. The molecule has 1 aliphatic carbocycles. The number of anilines is 2. The van der Waals surface area contributed by atoms with Crippen molar-refractivity contribution in [2.45, 2.75) is 25.7 Å². The second kappa shape index (κ2) is 11.7. The highest BCUT2D eigenvalue weighted by atomic mass is 16.3. The van der Waals surface area contributed by atoms with Crippen LogP contribution in [-0.2, 0) is 0 Å². The Hall–Kier alpha value is -6.26. The van der Waals surface area contributed by atoms with Crippen LogP contribution in [0.25, 0.3) is 66.3 Å². The van der Waals surface area contributed by atoms with Crippen molar-refractivity contribution in [3.63, 3.8) is 0 Å². The zero-order chi connectivity index (χ0) is 33.9. The summed E-state index contributed by atoms with van der Waals surface area (Å²) in [7, 11) is 0. The molecule has 1 heterocycles. The Bertz CT molecular complexity index is 2580. The Morgan fingerprint density at radius 2 is 1.16 bits per heavy atom. The number of hydrogen-bond acceptors (Lipinski definition) is 3. The molecular formula is C46H36N2O2. The van der Waals surface area contributed by atoms with E-state index in [1.165, 1.54) is 38.5 Å². The third-order valence-corrected chi connectivity index (χ3v) is 10.6. The molecule has 0 aliphatic heterocycles. The predicted octanol–water partition coefficient (Wildman–Crippen LogP) is 12.4. The second-order valence-electron chi connectivity index (χ2n) is 13.6. The summed E-state index contributed by atoms with van der Waals surface area (Å²) in [5, 5.41) is 26.4. The molecule has 2 atom stereocenters. The average molecular weight is 649 g/mol. The average Bonchev–Trinajstić information content (AvgIpc) is 3.52. The van der Waals surface area contributed by atoms with Crippen molar-refractivity contribution >= 4 is 33.2 Å². The number of para-hydroxylation sites is 1. The van der Waals surface area contributed by atoms with E-state index in [0.29, 0.717) is 0 Å². The molecular weight excluding hydrogens is 613 g/mol. The highest BCUT2D eigenvalue weighted by molar-refractivity contribution is 6.11. The van der Waals surface area contributed by atoms with Gasteiger partial charge in [0.15, 0.2) is 0 Å². The SMILES string of the molecule is CC1c2cc(-c3cc(-c4cccc(O)c4)ccc3Nc3ccccc3)ccc2-c2ccc3c([nH]c4ccc(-c5cccc(O)c5)cc43)c2C1C. The van der Waals surface area contributed by atoms with Crippen LogP contribution in [0.15, 0.2) is 146 Å². The van der Waals surface area contributed by atoms with Crippen LogP contribution in [0.5, 0.6) is 11.5 Å². The number of aromatic hydroxyl groups is 2. The third kappa shape index (κ3) is 5.00. The van der Waals surface area contributed by atoms with Crippen molar-refractivity contribution in [3.05, 3.63) is 157 Å². The molecule has 242 valence electrons. The number of aromatic nitrogens is 1. The number of rotatable bonds is 5. The van der Waals surface area contributed by atoms with Crippen LogP contribution < -0.4 is 5.32 Å². The number of hydrogen-bond donors (Lipinski definition) is 4. The molecule has 0 spiro atoms. The number of H-pyrrole nitrogens is 1. The van der Waals surface area contributed by atoms with Gasteiger partial charge in [0.2, 0.25) is 0 Å². The first kappa shape index (κ1) is 29.8. The number of nitrogens with one attached hydrogen (secondary N) is 2. The first-order valence-corrected chi connectivity index (χ1v) is 17.2. The van der Waals surface area contributed by atoms with E-state index in [1.54, 1.807) is 12.1 Å². The molecule has 2 unspecified atom stereocenters. The van der Waals surface area contributed by atoms with Gasteiger partial charge in [0.1, 0.15) is 11.5 Å². The van der Waals surface area contributed by atoms with E-state index in [1.807, 2.05) is 54.6 Å². The Morgan fingerprint density at radius 3 is 1.90 bits per heavy atom. The van der Waals surface area contributed by atoms with Gasteiger partial charge in [-0.2, -0.15) is 0 Å². The van der Waals surface area contributed by atoms with Crippen molar-refractivity contribution in [2.24, 2.45) is 0 Å². The standard InChI is InChI=1S/C46H36N2O2/c1-27-28(2)45-38(18-19-39-42-25-32(16-21-44(42)48-46(39)45)30-9-7-13-36(50)23-30)37-17-14-33(26-40(27)37)41-24-31(29-8-6-12-35(49)22-29)15-20-43(41)47-34-10-4-3-5-11-34/h3-28,47-50H,1-2H3. The predicted molar refractivity (Wildman–Crippen MR) is 207 cm³/mol. The summed E-state index contributed by atoms with van der Waals surface area (Å²) in [6.45, 7) is 4.71. The lowest BCUT2D eigenvalue weighted by Crippen LogP contribution is -2.14. The molecule has 9 rings (SSSR count). The molecule has 8 aromatic rings. The molecule has 50 heavy (non-hydrogen) atoms. The van der Waals surface area contributed by atoms with Gasteiger partial charge in [0, 0.05) is 33.2 Å². The lowest BCUT2D eigenvalue weighted by atomic mass is 9.72. The third-order valence-electron chi connectivity index (χ3n) is 10.6. The topological polar surface area (TPSA) is 68.3 Å². The first-order chi connectivity index (χ1) is 24.4. The summed E-state index contributed by atoms with van der Waals surface area (Å²) in [5.41, 5.74) is 16.0. The smallest absolute Gasteiger partial charge is 0.116 e. The van der Waals surface area contributed by atoms with Gasteiger partial charge in [-0.15, -0.1) is 0 Å². The van der Waals surface area contributed by atoms with Crippen LogP contribution in [0.4, 0.5) is 11.4 Å². The van der Waals surface area contributed by atoms with Crippen molar-refractivity contribution in [3.8, 4) is 56.0 Å². The summed E-state index contributed by atoms with van der Waals surface area (Å²) in [5.74, 6) is 1.10. The van der Waals surface area contributed by atoms with Crippen LogP contribution in [0, 0.1) is 0 Å². The molecule has 1 aromatic heterocycles. The minimum Gasteiger partial charge on any atom is -0.508 e. The van der Waals surface area contributed by atoms with Crippen LogP contribution in [-0.4, -0.2) is 15.2 Å². The normalized spacial score (nSPS) is 15.2. The number of phenols is 2. The van der Waals surface area contributed by atoms with Crippen molar-refractivity contribution < 1.29 is 10.2 Å². The van der Waals surface area contributed by atoms with E-state index < -0.39 is 0 Å². The summed E-state index contributed by atoms with van der Waals surface area (Å²) < 4.78 is 0. The maximum Gasteiger partial charge on any atom is 0.116 e. The van der Waals surface area contributed by atoms with E-state index >= 15 is 0 Å². The molecule has 0 radical (unpaired) electrons. The number of benzene rings is 7. The minimum absolute atomic E-state index is 0.256.